The predicted molar refractivity (Wildman–Crippen MR) is 83.4 cm³/mol. The standard InChI is InChI=1S/C13H14FN5O2.ClH/c1-2-21-11-6-10(12(20)18-19-13(15)16)17-9-4-3-7(14)5-8(9)11;/h3-6H,2H2,1H3,(H,18,20)(H4,15,16,19);1H. The number of hydrazone groups is 1. The van der Waals surface area contributed by atoms with E-state index >= 15 is 0 Å². The molecule has 0 radical (unpaired) electrons. The molecular formula is C13H15ClFN5O2. The average molecular weight is 328 g/mol. The number of nitrogens with one attached hydrogen (secondary N) is 1. The van der Waals surface area contributed by atoms with Crippen LogP contribution in [0.2, 0.25) is 0 Å². The molecule has 118 valence electrons. The highest BCUT2D eigenvalue weighted by Gasteiger charge is 2.13. The zero-order valence-electron chi connectivity index (χ0n) is 11.7. The van der Waals surface area contributed by atoms with Gasteiger partial charge in [-0.2, -0.15) is 0 Å². The third-order valence-corrected chi connectivity index (χ3v) is 2.55. The molecular weight excluding hydrogens is 313 g/mol. The summed E-state index contributed by atoms with van der Waals surface area (Å²) in [6.45, 7) is 2.15. The van der Waals surface area contributed by atoms with Crippen molar-refractivity contribution in [3.05, 3.63) is 35.8 Å². The average Bonchev–Trinajstić information content (AvgIpc) is 2.45. The molecule has 0 saturated heterocycles. The van der Waals surface area contributed by atoms with Crippen LogP contribution in [0, 0.1) is 5.82 Å². The van der Waals surface area contributed by atoms with Crippen molar-refractivity contribution in [1.82, 2.24) is 10.4 Å². The van der Waals surface area contributed by atoms with Gasteiger partial charge in [0, 0.05) is 11.5 Å². The Morgan fingerprint density at radius 2 is 2.14 bits per heavy atom. The normalized spacial score (nSPS) is 9.73. The van der Waals surface area contributed by atoms with Gasteiger partial charge in [-0.25, -0.2) is 14.8 Å². The summed E-state index contributed by atoms with van der Waals surface area (Å²) >= 11 is 0. The van der Waals surface area contributed by atoms with E-state index in [1.54, 1.807) is 6.92 Å². The third kappa shape index (κ3) is 3.95. The lowest BCUT2D eigenvalue weighted by molar-refractivity contribution is 0.0949. The van der Waals surface area contributed by atoms with Crippen molar-refractivity contribution in [3.8, 4) is 5.75 Å². The smallest absolute Gasteiger partial charge is 0.290 e. The van der Waals surface area contributed by atoms with Gasteiger partial charge in [0.2, 0.25) is 5.96 Å². The lowest BCUT2D eigenvalue weighted by Gasteiger charge is -2.09. The second-order valence-corrected chi connectivity index (χ2v) is 4.08. The molecule has 0 bridgehead atoms. The molecule has 1 aromatic carbocycles. The molecule has 5 N–H and O–H groups in total. The molecule has 0 spiro atoms. The van der Waals surface area contributed by atoms with Crippen LogP contribution in [0.1, 0.15) is 17.4 Å². The maximum atomic E-state index is 13.3. The zero-order chi connectivity index (χ0) is 15.4. The molecule has 2 rings (SSSR count). The first-order chi connectivity index (χ1) is 10.0. The first kappa shape index (κ1) is 17.4. The van der Waals surface area contributed by atoms with Crippen LogP contribution in [0.4, 0.5) is 4.39 Å². The highest BCUT2D eigenvalue weighted by atomic mass is 35.5. The lowest BCUT2D eigenvalue weighted by Crippen LogP contribution is -2.29. The Kier molecular flexibility index (Phi) is 5.88. The number of aromatic nitrogens is 1. The van der Waals surface area contributed by atoms with Gasteiger partial charge >= 0.3 is 0 Å². The Morgan fingerprint density at radius 3 is 2.77 bits per heavy atom. The summed E-state index contributed by atoms with van der Waals surface area (Å²) in [5.74, 6) is -0.938. The topological polar surface area (TPSA) is 116 Å². The molecule has 0 saturated carbocycles. The number of nitrogens with two attached hydrogens (primary N) is 2. The predicted octanol–water partition coefficient (Wildman–Crippen LogP) is 1.11. The number of ether oxygens (including phenoxy) is 1. The van der Waals surface area contributed by atoms with Gasteiger partial charge in [-0.3, -0.25) is 4.79 Å². The summed E-state index contributed by atoms with van der Waals surface area (Å²) in [5.41, 5.74) is 12.9. The third-order valence-electron chi connectivity index (χ3n) is 2.55. The fourth-order valence-electron chi connectivity index (χ4n) is 1.73. The number of carbonyl (C=O) groups is 1. The van der Waals surface area contributed by atoms with Gasteiger partial charge in [-0.1, -0.05) is 0 Å². The van der Waals surface area contributed by atoms with Gasteiger partial charge in [0.15, 0.2) is 0 Å². The number of hydrogen-bond donors (Lipinski definition) is 3. The van der Waals surface area contributed by atoms with Crippen LogP contribution in [-0.4, -0.2) is 23.5 Å². The van der Waals surface area contributed by atoms with Crippen molar-refractivity contribution in [1.29, 1.82) is 0 Å². The molecule has 0 unspecified atom stereocenters. The van der Waals surface area contributed by atoms with Gasteiger partial charge < -0.3 is 16.2 Å². The summed E-state index contributed by atoms with van der Waals surface area (Å²) in [5, 5.41) is 3.88. The van der Waals surface area contributed by atoms with Crippen LogP contribution < -0.4 is 21.6 Å². The number of benzene rings is 1. The Hall–Kier alpha value is -2.61. The quantitative estimate of drug-likeness (QED) is 0.442. The summed E-state index contributed by atoms with van der Waals surface area (Å²) in [7, 11) is 0. The van der Waals surface area contributed by atoms with Gasteiger partial charge in [-0.15, -0.1) is 17.5 Å². The maximum absolute atomic E-state index is 13.3. The first-order valence-corrected chi connectivity index (χ1v) is 6.13. The number of nitrogens with zero attached hydrogens (tertiary/aromatic N) is 2. The van der Waals surface area contributed by atoms with Crippen LogP contribution in [-0.2, 0) is 0 Å². The zero-order valence-corrected chi connectivity index (χ0v) is 12.5. The van der Waals surface area contributed by atoms with Gasteiger partial charge in [0.05, 0.1) is 12.1 Å². The second-order valence-electron chi connectivity index (χ2n) is 4.08. The van der Waals surface area contributed by atoms with Crippen molar-refractivity contribution >= 4 is 35.2 Å². The number of hydrogen-bond acceptors (Lipinski definition) is 4. The molecule has 1 aromatic heterocycles. The van der Waals surface area contributed by atoms with Crippen molar-refractivity contribution in [3.63, 3.8) is 0 Å². The molecule has 0 fully saturated rings. The highest BCUT2D eigenvalue weighted by molar-refractivity contribution is 5.97. The summed E-state index contributed by atoms with van der Waals surface area (Å²) in [6, 6.07) is 5.42. The Labute approximate surface area is 131 Å². The molecule has 0 aliphatic heterocycles. The Morgan fingerprint density at radius 1 is 1.41 bits per heavy atom. The van der Waals surface area contributed by atoms with E-state index in [4.69, 9.17) is 16.2 Å². The monoisotopic (exact) mass is 327 g/mol. The van der Waals surface area contributed by atoms with E-state index in [0.717, 1.165) is 0 Å². The Balaban J connectivity index is 0.00000242. The van der Waals surface area contributed by atoms with Crippen molar-refractivity contribution in [2.75, 3.05) is 6.61 Å². The highest BCUT2D eigenvalue weighted by Crippen LogP contribution is 2.26. The molecule has 22 heavy (non-hydrogen) atoms. The Bertz CT molecular complexity index is 719. The number of rotatable bonds is 4. The lowest BCUT2D eigenvalue weighted by atomic mass is 10.1. The molecule has 1 heterocycles. The van der Waals surface area contributed by atoms with E-state index in [1.807, 2.05) is 0 Å². The van der Waals surface area contributed by atoms with Gasteiger partial charge in [0.1, 0.15) is 17.3 Å². The molecule has 0 aliphatic carbocycles. The number of carbonyl (C=O) groups excluding carboxylic acids is 1. The van der Waals surface area contributed by atoms with E-state index in [-0.39, 0.29) is 24.1 Å². The fraction of sp³-hybridized carbons (Fsp3) is 0.154. The minimum absolute atomic E-state index is 0. The van der Waals surface area contributed by atoms with Crippen LogP contribution in [0.25, 0.3) is 10.9 Å². The van der Waals surface area contributed by atoms with Crippen LogP contribution in [0.5, 0.6) is 5.75 Å². The number of guanidine groups is 1. The van der Waals surface area contributed by atoms with E-state index in [1.165, 1.54) is 24.3 Å². The number of fused-ring (bicyclic) bond motifs is 1. The molecule has 9 heteroatoms. The summed E-state index contributed by atoms with van der Waals surface area (Å²) in [6.07, 6.45) is 0. The van der Waals surface area contributed by atoms with E-state index in [9.17, 15) is 9.18 Å². The number of halogens is 2. The molecule has 2 aromatic rings. The minimum atomic E-state index is -0.601. The molecule has 1 amide bonds. The largest absolute Gasteiger partial charge is 0.493 e. The summed E-state index contributed by atoms with van der Waals surface area (Å²) < 4.78 is 18.7. The SMILES string of the molecule is CCOc1cc(C(=O)NN=C(N)N)nc2ccc(F)cc12.Cl. The fourth-order valence-corrected chi connectivity index (χ4v) is 1.73. The number of amides is 1. The van der Waals surface area contributed by atoms with E-state index in [2.05, 4.69) is 15.5 Å². The van der Waals surface area contributed by atoms with Crippen molar-refractivity contribution in [2.24, 2.45) is 16.6 Å². The van der Waals surface area contributed by atoms with E-state index in [0.29, 0.717) is 23.3 Å². The van der Waals surface area contributed by atoms with Gasteiger partial charge in [-0.05, 0) is 25.1 Å². The maximum Gasteiger partial charge on any atom is 0.290 e. The van der Waals surface area contributed by atoms with Crippen LogP contribution in [0.15, 0.2) is 29.4 Å². The molecule has 0 atom stereocenters. The minimum Gasteiger partial charge on any atom is -0.493 e. The van der Waals surface area contributed by atoms with Crippen molar-refractivity contribution < 1.29 is 13.9 Å². The number of pyridine rings is 1. The molecule has 0 aliphatic rings. The van der Waals surface area contributed by atoms with E-state index < -0.39 is 11.7 Å². The van der Waals surface area contributed by atoms with Crippen LogP contribution in [0.3, 0.4) is 0 Å². The first-order valence-electron chi connectivity index (χ1n) is 6.13. The van der Waals surface area contributed by atoms with Crippen LogP contribution >= 0.6 is 12.4 Å². The van der Waals surface area contributed by atoms with Gasteiger partial charge in [0.25, 0.3) is 5.91 Å². The second kappa shape index (κ2) is 7.41. The summed E-state index contributed by atoms with van der Waals surface area (Å²) in [4.78, 5) is 16.0. The van der Waals surface area contributed by atoms with Crippen molar-refractivity contribution in [2.45, 2.75) is 6.92 Å². The molecule has 7 nitrogen and oxygen atoms in total.